The highest BCUT2D eigenvalue weighted by Gasteiger charge is 2.38. The van der Waals surface area contributed by atoms with Crippen LogP contribution in [-0.4, -0.2) is 23.6 Å². The normalized spacial score (nSPS) is 17.3. The monoisotopic (exact) mass is 298 g/mol. The molecule has 1 saturated carbocycles. The molecule has 0 unspecified atom stereocenters. The molecule has 0 spiro atoms. The second kappa shape index (κ2) is 5.14. The van der Waals surface area contributed by atoms with E-state index >= 15 is 0 Å². The van der Waals surface area contributed by atoms with Gasteiger partial charge >= 0.3 is 0 Å². The highest BCUT2D eigenvalue weighted by Crippen LogP contribution is 2.38. The van der Waals surface area contributed by atoms with Crippen LogP contribution in [0.1, 0.15) is 25.7 Å². The molecule has 17 heavy (non-hydrogen) atoms. The average molecular weight is 299 g/mol. The van der Waals surface area contributed by atoms with E-state index in [4.69, 9.17) is 4.74 Å². The first-order valence-electron chi connectivity index (χ1n) is 5.60. The molecule has 2 rings (SSSR count). The molecule has 1 aliphatic rings. The SMILES string of the molecule is COC1(CC(=O)Nc2ccc(Br)nc2)CCC1. The summed E-state index contributed by atoms with van der Waals surface area (Å²) in [4.78, 5) is 15.9. The van der Waals surface area contributed by atoms with Crippen molar-refractivity contribution in [3.8, 4) is 0 Å². The second-order valence-electron chi connectivity index (χ2n) is 4.34. The van der Waals surface area contributed by atoms with Crippen LogP contribution in [0.2, 0.25) is 0 Å². The van der Waals surface area contributed by atoms with Crippen LogP contribution in [0, 0.1) is 0 Å². The van der Waals surface area contributed by atoms with Gasteiger partial charge in [0.1, 0.15) is 4.60 Å². The van der Waals surface area contributed by atoms with Crippen molar-refractivity contribution in [1.29, 1.82) is 0 Å². The number of rotatable bonds is 4. The van der Waals surface area contributed by atoms with Gasteiger partial charge in [-0.15, -0.1) is 0 Å². The Labute approximate surface area is 109 Å². The first-order valence-corrected chi connectivity index (χ1v) is 6.39. The molecule has 1 fully saturated rings. The number of nitrogens with one attached hydrogen (secondary N) is 1. The Kier molecular flexibility index (Phi) is 3.79. The number of carbonyl (C=O) groups is 1. The van der Waals surface area contributed by atoms with Gasteiger partial charge in [0, 0.05) is 7.11 Å². The number of hydrogen-bond donors (Lipinski definition) is 1. The molecule has 1 amide bonds. The van der Waals surface area contributed by atoms with Gasteiger partial charge in [-0.25, -0.2) is 4.98 Å². The summed E-state index contributed by atoms with van der Waals surface area (Å²) >= 11 is 3.25. The van der Waals surface area contributed by atoms with E-state index in [-0.39, 0.29) is 11.5 Å². The van der Waals surface area contributed by atoms with Gasteiger partial charge in [0.15, 0.2) is 0 Å². The molecule has 1 aliphatic carbocycles. The zero-order chi connectivity index (χ0) is 12.3. The third kappa shape index (κ3) is 3.04. The Bertz CT molecular complexity index is 396. The molecule has 0 aromatic carbocycles. The van der Waals surface area contributed by atoms with E-state index in [1.165, 1.54) is 0 Å². The molecule has 0 bridgehead atoms. The number of halogens is 1. The minimum absolute atomic E-state index is 0.0179. The lowest BCUT2D eigenvalue weighted by Crippen LogP contribution is -2.42. The average Bonchev–Trinajstić information content (AvgIpc) is 2.27. The maximum absolute atomic E-state index is 11.8. The lowest BCUT2D eigenvalue weighted by molar-refractivity contribution is -0.129. The Morgan fingerprint density at radius 1 is 1.59 bits per heavy atom. The number of nitrogens with zero attached hydrogens (tertiary/aromatic N) is 1. The summed E-state index contributed by atoms with van der Waals surface area (Å²) in [6.45, 7) is 0. The maximum atomic E-state index is 11.8. The van der Waals surface area contributed by atoms with Gasteiger partial charge < -0.3 is 10.1 Å². The highest BCUT2D eigenvalue weighted by molar-refractivity contribution is 9.10. The van der Waals surface area contributed by atoms with Crippen molar-refractivity contribution in [3.63, 3.8) is 0 Å². The summed E-state index contributed by atoms with van der Waals surface area (Å²) in [7, 11) is 1.67. The van der Waals surface area contributed by atoms with Crippen molar-refractivity contribution in [1.82, 2.24) is 4.98 Å². The largest absolute Gasteiger partial charge is 0.378 e. The molecule has 1 aromatic heterocycles. The minimum atomic E-state index is -0.229. The summed E-state index contributed by atoms with van der Waals surface area (Å²) in [5, 5.41) is 2.83. The molecular formula is C12H15BrN2O2. The number of anilines is 1. The number of ether oxygens (including phenoxy) is 1. The van der Waals surface area contributed by atoms with Crippen molar-refractivity contribution in [3.05, 3.63) is 22.9 Å². The standard InChI is InChI=1S/C12H15BrN2O2/c1-17-12(5-2-6-12)7-11(16)15-9-3-4-10(13)14-8-9/h3-4,8H,2,5-7H2,1H3,(H,15,16). The molecule has 0 aliphatic heterocycles. The topological polar surface area (TPSA) is 51.2 Å². The molecule has 4 nitrogen and oxygen atoms in total. The molecule has 1 aromatic rings. The summed E-state index contributed by atoms with van der Waals surface area (Å²) in [6.07, 6.45) is 5.12. The minimum Gasteiger partial charge on any atom is -0.378 e. The molecule has 1 heterocycles. The van der Waals surface area contributed by atoms with Crippen molar-refractivity contribution < 1.29 is 9.53 Å². The number of aromatic nitrogens is 1. The van der Waals surface area contributed by atoms with Gasteiger partial charge in [0.2, 0.25) is 5.91 Å². The van der Waals surface area contributed by atoms with E-state index in [9.17, 15) is 4.79 Å². The van der Waals surface area contributed by atoms with Crippen LogP contribution >= 0.6 is 15.9 Å². The Morgan fingerprint density at radius 2 is 2.35 bits per heavy atom. The van der Waals surface area contributed by atoms with Gasteiger partial charge in [-0.2, -0.15) is 0 Å². The number of hydrogen-bond acceptors (Lipinski definition) is 3. The van der Waals surface area contributed by atoms with Gasteiger partial charge in [0.05, 0.1) is 23.9 Å². The fourth-order valence-corrected chi connectivity index (χ4v) is 2.21. The van der Waals surface area contributed by atoms with Crippen molar-refractivity contribution in [2.24, 2.45) is 0 Å². The van der Waals surface area contributed by atoms with E-state index < -0.39 is 0 Å². The van der Waals surface area contributed by atoms with Gasteiger partial charge in [0.25, 0.3) is 0 Å². The highest BCUT2D eigenvalue weighted by atomic mass is 79.9. The van der Waals surface area contributed by atoms with Crippen LogP contribution in [0.5, 0.6) is 0 Å². The van der Waals surface area contributed by atoms with Crippen molar-refractivity contribution in [2.75, 3.05) is 12.4 Å². The first kappa shape index (κ1) is 12.5. The summed E-state index contributed by atoms with van der Waals surface area (Å²) < 4.78 is 6.17. The second-order valence-corrected chi connectivity index (χ2v) is 5.15. The molecule has 0 atom stereocenters. The Hall–Kier alpha value is -0.940. The summed E-state index contributed by atoms with van der Waals surface area (Å²) in [6, 6.07) is 3.61. The third-order valence-corrected chi connectivity index (χ3v) is 3.66. The molecule has 1 N–H and O–H groups in total. The first-order chi connectivity index (χ1) is 8.13. The fraction of sp³-hybridized carbons (Fsp3) is 0.500. The van der Waals surface area contributed by atoms with Crippen LogP contribution in [-0.2, 0) is 9.53 Å². The Balaban J connectivity index is 1.91. The number of pyridine rings is 1. The molecule has 5 heteroatoms. The van der Waals surface area contributed by atoms with E-state index in [0.717, 1.165) is 23.9 Å². The summed E-state index contributed by atoms with van der Waals surface area (Å²) in [5.41, 5.74) is 0.483. The maximum Gasteiger partial charge on any atom is 0.227 e. The predicted molar refractivity (Wildman–Crippen MR) is 68.8 cm³/mol. The van der Waals surface area contributed by atoms with Crippen LogP contribution in [0.3, 0.4) is 0 Å². The lowest BCUT2D eigenvalue weighted by atomic mass is 9.77. The molecule has 92 valence electrons. The van der Waals surface area contributed by atoms with E-state index in [1.807, 2.05) is 6.07 Å². The number of amides is 1. The molecular weight excluding hydrogens is 284 g/mol. The van der Waals surface area contributed by atoms with Gasteiger partial charge in [-0.3, -0.25) is 4.79 Å². The van der Waals surface area contributed by atoms with E-state index in [1.54, 1.807) is 19.4 Å². The molecule has 0 radical (unpaired) electrons. The van der Waals surface area contributed by atoms with Gasteiger partial charge in [-0.05, 0) is 47.3 Å². The Morgan fingerprint density at radius 3 is 2.82 bits per heavy atom. The quantitative estimate of drug-likeness (QED) is 0.870. The fourth-order valence-electron chi connectivity index (χ4n) is 1.97. The number of methoxy groups -OCH3 is 1. The van der Waals surface area contributed by atoms with Crippen LogP contribution < -0.4 is 5.32 Å². The smallest absolute Gasteiger partial charge is 0.227 e. The predicted octanol–water partition coefficient (Wildman–Crippen LogP) is 2.74. The van der Waals surface area contributed by atoms with E-state index in [0.29, 0.717) is 12.1 Å². The van der Waals surface area contributed by atoms with Crippen molar-refractivity contribution in [2.45, 2.75) is 31.3 Å². The zero-order valence-electron chi connectivity index (χ0n) is 9.70. The third-order valence-electron chi connectivity index (χ3n) is 3.19. The lowest BCUT2D eigenvalue weighted by Gasteiger charge is -2.39. The van der Waals surface area contributed by atoms with Crippen LogP contribution in [0.4, 0.5) is 5.69 Å². The zero-order valence-corrected chi connectivity index (χ0v) is 11.3. The number of carbonyl (C=O) groups excluding carboxylic acids is 1. The van der Waals surface area contributed by atoms with Crippen LogP contribution in [0.25, 0.3) is 0 Å². The van der Waals surface area contributed by atoms with E-state index in [2.05, 4.69) is 26.2 Å². The van der Waals surface area contributed by atoms with Crippen LogP contribution in [0.15, 0.2) is 22.9 Å². The molecule has 0 saturated heterocycles. The van der Waals surface area contributed by atoms with Crippen molar-refractivity contribution >= 4 is 27.5 Å². The van der Waals surface area contributed by atoms with Gasteiger partial charge in [-0.1, -0.05) is 0 Å². The summed E-state index contributed by atoms with van der Waals surface area (Å²) in [5.74, 6) is -0.0179.